The first-order chi connectivity index (χ1) is 17.7. The number of hydrogen-bond acceptors (Lipinski definition) is 7. The van der Waals surface area contributed by atoms with Crippen LogP contribution in [0, 0.1) is 0 Å². The van der Waals surface area contributed by atoms with E-state index in [4.69, 9.17) is 15.7 Å². The molecule has 3 heterocycles. The highest BCUT2D eigenvalue weighted by Gasteiger charge is 2.25. The molecule has 1 atom stereocenters. The Morgan fingerprint density at radius 1 is 1.03 bits per heavy atom. The van der Waals surface area contributed by atoms with Crippen molar-refractivity contribution in [3.63, 3.8) is 0 Å². The van der Waals surface area contributed by atoms with E-state index in [0.29, 0.717) is 59.3 Å². The largest absolute Gasteiger partial charge is 0.341 e. The molecule has 0 saturated carbocycles. The van der Waals surface area contributed by atoms with E-state index in [2.05, 4.69) is 4.90 Å². The maximum Gasteiger partial charge on any atom is 0.279 e. The number of benzene rings is 2. The van der Waals surface area contributed by atoms with Gasteiger partial charge in [0.1, 0.15) is 5.82 Å². The summed E-state index contributed by atoms with van der Waals surface area (Å²) in [6.45, 7) is 1.99. The molecule has 1 fully saturated rings. The summed E-state index contributed by atoms with van der Waals surface area (Å²) in [5, 5.41) is 0. The minimum absolute atomic E-state index is 0.0556. The molecule has 2 aromatic carbocycles. The molecular formula is C27H32N6O3S. The minimum Gasteiger partial charge on any atom is -0.341 e. The number of aromatic nitrogens is 4. The topological polar surface area (TPSA) is 116 Å². The van der Waals surface area contributed by atoms with Crippen molar-refractivity contribution in [2.45, 2.75) is 43.2 Å². The van der Waals surface area contributed by atoms with Crippen molar-refractivity contribution in [2.24, 2.45) is 12.8 Å². The number of nitrogens with zero attached hydrogens (tertiary/aromatic N) is 5. The van der Waals surface area contributed by atoms with Crippen LogP contribution in [0.5, 0.6) is 0 Å². The lowest BCUT2D eigenvalue weighted by Gasteiger charge is -2.31. The standard InChI is InChI=1S/C27H32N6O3S/c1-31-23(15-14-20-11-6-7-13-22(20)37(2,35)36)29-25-24(26(31)34)33(17-19-9-4-3-5-10-19)27(30-25)32-16-8-12-21(28)18-32/h3-7,9-11,13,21H,8,12,14-18,28H2,1-2H3. The Morgan fingerprint density at radius 2 is 1.76 bits per heavy atom. The van der Waals surface area contributed by atoms with Gasteiger partial charge in [-0.25, -0.2) is 13.4 Å². The van der Waals surface area contributed by atoms with Gasteiger partial charge < -0.3 is 10.6 Å². The molecule has 2 aromatic heterocycles. The molecule has 9 nitrogen and oxygen atoms in total. The molecule has 194 valence electrons. The molecule has 10 heteroatoms. The lowest BCUT2D eigenvalue weighted by Crippen LogP contribution is -2.44. The van der Waals surface area contributed by atoms with Gasteiger partial charge in [0.2, 0.25) is 5.95 Å². The van der Waals surface area contributed by atoms with Gasteiger partial charge in [-0.2, -0.15) is 4.98 Å². The highest BCUT2D eigenvalue weighted by molar-refractivity contribution is 7.90. The SMILES string of the molecule is Cn1c(CCc2ccccc2S(C)(=O)=O)nc2nc(N3CCCC(N)C3)n(Cc3ccccc3)c2c1=O. The summed E-state index contributed by atoms with van der Waals surface area (Å²) in [6, 6.07) is 17.0. The number of fused-ring (bicyclic) bond motifs is 1. The van der Waals surface area contributed by atoms with Crippen LogP contribution in [-0.2, 0) is 36.3 Å². The average Bonchev–Trinajstić information content (AvgIpc) is 3.23. The normalized spacial score (nSPS) is 16.4. The smallest absolute Gasteiger partial charge is 0.279 e. The quantitative estimate of drug-likeness (QED) is 0.397. The Bertz CT molecular complexity index is 1590. The van der Waals surface area contributed by atoms with E-state index in [1.165, 1.54) is 6.26 Å². The van der Waals surface area contributed by atoms with Gasteiger partial charge in [0.25, 0.3) is 5.56 Å². The Labute approximate surface area is 216 Å². The summed E-state index contributed by atoms with van der Waals surface area (Å²) in [5.74, 6) is 1.27. The lowest BCUT2D eigenvalue weighted by molar-refractivity contribution is 0.495. The molecule has 1 saturated heterocycles. The lowest BCUT2D eigenvalue weighted by atomic mass is 10.1. The first-order valence-electron chi connectivity index (χ1n) is 12.5. The summed E-state index contributed by atoms with van der Waals surface area (Å²) in [7, 11) is -1.65. The number of sulfone groups is 1. The van der Waals surface area contributed by atoms with Crippen LogP contribution in [0.25, 0.3) is 11.2 Å². The second-order valence-electron chi connectivity index (χ2n) is 9.78. The fourth-order valence-electron chi connectivity index (χ4n) is 5.08. The molecule has 2 N–H and O–H groups in total. The molecule has 1 aliphatic rings. The summed E-state index contributed by atoms with van der Waals surface area (Å²) < 4.78 is 28.0. The number of rotatable bonds is 7. The summed E-state index contributed by atoms with van der Waals surface area (Å²) in [4.78, 5) is 25.8. The third-order valence-corrected chi connectivity index (χ3v) is 8.17. The van der Waals surface area contributed by atoms with Crippen LogP contribution in [0.4, 0.5) is 5.95 Å². The molecule has 1 aliphatic heterocycles. The number of anilines is 1. The number of aryl methyl sites for hydroxylation is 2. The third-order valence-electron chi connectivity index (χ3n) is 6.97. The molecule has 5 rings (SSSR count). The second-order valence-corrected chi connectivity index (χ2v) is 11.8. The molecule has 0 amide bonds. The van der Waals surface area contributed by atoms with Gasteiger partial charge in [-0.3, -0.25) is 13.9 Å². The Morgan fingerprint density at radius 3 is 2.49 bits per heavy atom. The van der Waals surface area contributed by atoms with Crippen molar-refractivity contribution in [3.8, 4) is 0 Å². The molecule has 37 heavy (non-hydrogen) atoms. The molecular weight excluding hydrogens is 488 g/mol. The third kappa shape index (κ3) is 5.17. The van der Waals surface area contributed by atoms with Crippen molar-refractivity contribution in [1.29, 1.82) is 0 Å². The number of hydrogen-bond donors (Lipinski definition) is 1. The van der Waals surface area contributed by atoms with E-state index in [9.17, 15) is 13.2 Å². The van der Waals surface area contributed by atoms with Crippen molar-refractivity contribution in [3.05, 3.63) is 81.9 Å². The van der Waals surface area contributed by atoms with Crippen LogP contribution in [0.3, 0.4) is 0 Å². The van der Waals surface area contributed by atoms with Crippen LogP contribution in [0.2, 0.25) is 0 Å². The molecule has 0 aliphatic carbocycles. The van der Waals surface area contributed by atoms with E-state index >= 15 is 0 Å². The molecule has 4 aromatic rings. The number of piperidine rings is 1. The van der Waals surface area contributed by atoms with Crippen LogP contribution in [0.1, 0.15) is 29.8 Å². The van der Waals surface area contributed by atoms with Crippen molar-refractivity contribution in [1.82, 2.24) is 19.1 Å². The Hall–Kier alpha value is -3.50. The van der Waals surface area contributed by atoms with Gasteiger partial charge in [-0.15, -0.1) is 0 Å². The van der Waals surface area contributed by atoms with Gasteiger partial charge in [-0.05, 0) is 36.5 Å². The van der Waals surface area contributed by atoms with Crippen LogP contribution in [0.15, 0.2) is 64.3 Å². The maximum absolute atomic E-state index is 13.7. The van der Waals surface area contributed by atoms with E-state index in [1.807, 2.05) is 41.0 Å². The van der Waals surface area contributed by atoms with Gasteiger partial charge >= 0.3 is 0 Å². The zero-order chi connectivity index (χ0) is 26.2. The molecule has 0 bridgehead atoms. The number of imidazole rings is 1. The Kier molecular flexibility index (Phi) is 6.87. The first kappa shape index (κ1) is 25.2. The first-order valence-corrected chi connectivity index (χ1v) is 14.4. The highest BCUT2D eigenvalue weighted by atomic mass is 32.2. The predicted molar refractivity (Wildman–Crippen MR) is 145 cm³/mol. The average molecular weight is 521 g/mol. The van der Waals surface area contributed by atoms with Crippen LogP contribution >= 0.6 is 0 Å². The zero-order valence-electron chi connectivity index (χ0n) is 21.2. The van der Waals surface area contributed by atoms with Gasteiger partial charge in [0.05, 0.1) is 11.4 Å². The summed E-state index contributed by atoms with van der Waals surface area (Å²) >= 11 is 0. The van der Waals surface area contributed by atoms with Gasteiger partial charge in [0.15, 0.2) is 21.0 Å². The van der Waals surface area contributed by atoms with Gasteiger partial charge in [0, 0.05) is 38.9 Å². The zero-order valence-corrected chi connectivity index (χ0v) is 22.0. The summed E-state index contributed by atoms with van der Waals surface area (Å²) in [6.07, 6.45) is 3.98. The predicted octanol–water partition coefficient (Wildman–Crippen LogP) is 2.29. The van der Waals surface area contributed by atoms with Crippen LogP contribution in [-0.4, -0.2) is 52.9 Å². The second kappa shape index (κ2) is 10.1. The minimum atomic E-state index is -3.36. The van der Waals surface area contributed by atoms with E-state index in [0.717, 1.165) is 24.9 Å². The fourth-order valence-corrected chi connectivity index (χ4v) is 6.05. The van der Waals surface area contributed by atoms with Crippen molar-refractivity contribution in [2.75, 3.05) is 24.2 Å². The van der Waals surface area contributed by atoms with Crippen LogP contribution < -0.4 is 16.2 Å². The monoisotopic (exact) mass is 520 g/mol. The highest BCUT2D eigenvalue weighted by Crippen LogP contribution is 2.25. The van der Waals surface area contributed by atoms with E-state index in [-0.39, 0.29) is 11.6 Å². The Balaban J connectivity index is 1.57. The van der Waals surface area contributed by atoms with E-state index in [1.54, 1.807) is 29.8 Å². The van der Waals surface area contributed by atoms with Gasteiger partial charge in [-0.1, -0.05) is 48.5 Å². The van der Waals surface area contributed by atoms with Crippen molar-refractivity contribution < 1.29 is 8.42 Å². The molecule has 0 radical (unpaired) electrons. The van der Waals surface area contributed by atoms with E-state index < -0.39 is 9.84 Å². The molecule has 0 spiro atoms. The molecule has 1 unspecified atom stereocenters. The maximum atomic E-state index is 13.7. The fraction of sp³-hybridized carbons (Fsp3) is 0.370. The van der Waals surface area contributed by atoms with Crippen molar-refractivity contribution >= 4 is 26.9 Å². The number of nitrogens with two attached hydrogens (primary N) is 1. The summed E-state index contributed by atoms with van der Waals surface area (Å²) in [5.41, 5.74) is 8.73.